The van der Waals surface area contributed by atoms with Gasteiger partial charge in [0.15, 0.2) is 29.1 Å². The number of hydrogen-bond donors (Lipinski definition) is 1. The topological polar surface area (TPSA) is 78.5 Å². The van der Waals surface area contributed by atoms with E-state index < -0.39 is 0 Å². The second-order valence-electron chi connectivity index (χ2n) is 6.57. The van der Waals surface area contributed by atoms with Crippen molar-refractivity contribution in [3.63, 3.8) is 0 Å². The minimum Gasteiger partial charge on any atom is -0.493 e. The summed E-state index contributed by atoms with van der Waals surface area (Å²) >= 11 is 0. The molecule has 1 heterocycles. The second kappa shape index (κ2) is 9.27. The van der Waals surface area contributed by atoms with E-state index in [2.05, 4.69) is 5.32 Å². The summed E-state index contributed by atoms with van der Waals surface area (Å²) in [6, 6.07) is 10.9. The number of para-hydroxylation sites is 2. The lowest BCUT2D eigenvalue weighted by molar-refractivity contribution is 0.0715. The molecule has 8 nitrogen and oxygen atoms in total. The summed E-state index contributed by atoms with van der Waals surface area (Å²) in [5, 5.41) is 2.89. The Morgan fingerprint density at radius 3 is 2.38 bits per heavy atom. The fraction of sp³-hybridized carbons (Fsp3) is 0.381. The summed E-state index contributed by atoms with van der Waals surface area (Å²) in [6.45, 7) is 1.10. The van der Waals surface area contributed by atoms with E-state index in [1.165, 1.54) is 0 Å². The first kappa shape index (κ1) is 20.4. The van der Waals surface area contributed by atoms with E-state index >= 15 is 0 Å². The molecular weight excluding hydrogens is 376 g/mol. The highest BCUT2D eigenvalue weighted by Crippen LogP contribution is 2.38. The lowest BCUT2D eigenvalue weighted by atomic mass is 10.2. The van der Waals surface area contributed by atoms with Gasteiger partial charge in [-0.25, -0.2) is 4.79 Å². The van der Waals surface area contributed by atoms with Crippen LogP contribution in [0.3, 0.4) is 0 Å². The van der Waals surface area contributed by atoms with Crippen LogP contribution in [-0.4, -0.2) is 58.6 Å². The van der Waals surface area contributed by atoms with Gasteiger partial charge in [0.25, 0.3) is 0 Å². The maximum absolute atomic E-state index is 12.5. The van der Waals surface area contributed by atoms with Gasteiger partial charge in [0, 0.05) is 13.6 Å². The van der Waals surface area contributed by atoms with Crippen LogP contribution in [0, 0.1) is 0 Å². The van der Waals surface area contributed by atoms with Crippen LogP contribution in [0.4, 0.5) is 4.79 Å². The summed E-state index contributed by atoms with van der Waals surface area (Å²) in [5.41, 5.74) is 0.826. The molecule has 0 spiro atoms. The Morgan fingerprint density at radius 2 is 1.76 bits per heavy atom. The Labute approximate surface area is 170 Å². The summed E-state index contributed by atoms with van der Waals surface area (Å²) in [6.07, 6.45) is -0.234. The van der Waals surface area contributed by atoms with Gasteiger partial charge in [0.1, 0.15) is 6.61 Å². The number of urea groups is 1. The lowest BCUT2D eigenvalue weighted by Gasteiger charge is -2.29. The van der Waals surface area contributed by atoms with Gasteiger partial charge in [0.2, 0.25) is 5.75 Å². The molecule has 1 aliphatic heterocycles. The molecule has 0 aromatic heterocycles. The van der Waals surface area contributed by atoms with E-state index in [-0.39, 0.29) is 12.1 Å². The lowest BCUT2D eigenvalue weighted by Crippen LogP contribution is -2.45. The zero-order chi connectivity index (χ0) is 20.8. The minimum atomic E-state index is -0.234. The van der Waals surface area contributed by atoms with E-state index in [9.17, 15) is 4.79 Å². The molecule has 0 saturated heterocycles. The van der Waals surface area contributed by atoms with Crippen molar-refractivity contribution in [1.29, 1.82) is 0 Å². The van der Waals surface area contributed by atoms with Crippen LogP contribution in [0.25, 0.3) is 0 Å². The van der Waals surface area contributed by atoms with Gasteiger partial charge in [-0.3, -0.25) is 0 Å². The van der Waals surface area contributed by atoms with Gasteiger partial charge < -0.3 is 33.9 Å². The minimum absolute atomic E-state index is 0.221. The Morgan fingerprint density at radius 1 is 1.10 bits per heavy atom. The number of rotatable bonds is 7. The molecule has 8 heteroatoms. The quantitative estimate of drug-likeness (QED) is 0.767. The highest BCUT2D eigenvalue weighted by molar-refractivity contribution is 5.74. The van der Waals surface area contributed by atoms with Crippen LogP contribution in [-0.2, 0) is 6.54 Å². The van der Waals surface area contributed by atoms with E-state index in [4.69, 9.17) is 23.7 Å². The van der Waals surface area contributed by atoms with Gasteiger partial charge in [-0.1, -0.05) is 12.1 Å². The normalized spacial score (nSPS) is 14.7. The number of carbonyl (C=O) groups is 1. The number of benzene rings is 2. The van der Waals surface area contributed by atoms with Crippen molar-refractivity contribution < 1.29 is 28.5 Å². The van der Waals surface area contributed by atoms with E-state index in [0.717, 1.165) is 11.3 Å². The number of nitrogens with one attached hydrogen (secondary N) is 1. The summed E-state index contributed by atoms with van der Waals surface area (Å²) < 4.78 is 27.6. The van der Waals surface area contributed by atoms with Gasteiger partial charge in [-0.05, 0) is 29.8 Å². The Kier molecular flexibility index (Phi) is 6.54. The van der Waals surface area contributed by atoms with Crippen molar-refractivity contribution in [3.8, 4) is 28.7 Å². The fourth-order valence-corrected chi connectivity index (χ4v) is 3.09. The number of carbonyl (C=O) groups excluding carboxylic acids is 1. The third-order valence-corrected chi connectivity index (χ3v) is 4.56. The number of ether oxygens (including phenoxy) is 5. The van der Waals surface area contributed by atoms with E-state index in [1.807, 2.05) is 24.3 Å². The predicted octanol–water partition coefficient (Wildman–Crippen LogP) is 2.69. The van der Waals surface area contributed by atoms with Crippen LogP contribution in [0.2, 0.25) is 0 Å². The van der Waals surface area contributed by atoms with Crippen LogP contribution in [0.5, 0.6) is 28.7 Å². The first-order valence-corrected chi connectivity index (χ1v) is 9.22. The average Bonchev–Trinajstić information content (AvgIpc) is 2.76. The smallest absolute Gasteiger partial charge is 0.317 e. The molecule has 3 rings (SSSR count). The number of fused-ring (bicyclic) bond motifs is 1. The van der Waals surface area contributed by atoms with Crippen molar-refractivity contribution in [2.75, 3.05) is 41.5 Å². The van der Waals surface area contributed by atoms with Crippen molar-refractivity contribution in [2.24, 2.45) is 0 Å². The number of likely N-dealkylation sites (N-methyl/N-ethyl adjacent to an activating group) is 1. The highest BCUT2D eigenvalue weighted by Gasteiger charge is 2.23. The predicted molar refractivity (Wildman–Crippen MR) is 107 cm³/mol. The molecule has 1 unspecified atom stereocenters. The third-order valence-electron chi connectivity index (χ3n) is 4.56. The zero-order valence-corrected chi connectivity index (χ0v) is 17.1. The molecular formula is C21H26N2O6. The van der Waals surface area contributed by atoms with Gasteiger partial charge >= 0.3 is 6.03 Å². The molecule has 156 valence electrons. The van der Waals surface area contributed by atoms with Crippen LogP contribution in [0.15, 0.2) is 36.4 Å². The molecule has 2 aromatic carbocycles. The van der Waals surface area contributed by atoms with E-state index in [1.54, 1.807) is 45.4 Å². The van der Waals surface area contributed by atoms with Crippen molar-refractivity contribution in [1.82, 2.24) is 10.2 Å². The number of hydrogen-bond acceptors (Lipinski definition) is 6. The summed E-state index contributed by atoms with van der Waals surface area (Å²) in [4.78, 5) is 14.1. The van der Waals surface area contributed by atoms with Gasteiger partial charge in [-0.15, -0.1) is 0 Å². The Bertz CT molecular complexity index is 832. The highest BCUT2D eigenvalue weighted by atomic mass is 16.6. The summed E-state index contributed by atoms with van der Waals surface area (Å²) in [5.74, 6) is 3.00. The van der Waals surface area contributed by atoms with Gasteiger partial charge in [-0.2, -0.15) is 0 Å². The summed E-state index contributed by atoms with van der Waals surface area (Å²) in [7, 11) is 6.37. The molecule has 0 fully saturated rings. The zero-order valence-electron chi connectivity index (χ0n) is 17.1. The Balaban J connectivity index is 1.57. The number of nitrogens with zero attached hydrogens (tertiary/aromatic N) is 1. The third kappa shape index (κ3) is 4.77. The first-order chi connectivity index (χ1) is 14.0. The first-order valence-electron chi connectivity index (χ1n) is 9.22. The standard InChI is InChI=1S/C21H26N2O6/c1-23(12-15-13-28-16-7-5-6-8-17(16)29-15)21(24)22-11-14-9-18(25-2)20(27-4)19(10-14)26-3/h5-10,15H,11-13H2,1-4H3,(H,22,24). The molecule has 2 amide bonds. The molecule has 0 bridgehead atoms. The second-order valence-corrected chi connectivity index (χ2v) is 6.57. The fourth-order valence-electron chi connectivity index (χ4n) is 3.09. The maximum atomic E-state index is 12.5. The van der Waals surface area contributed by atoms with E-state index in [0.29, 0.717) is 42.7 Å². The number of amides is 2. The number of methoxy groups -OCH3 is 3. The van der Waals surface area contributed by atoms with Crippen molar-refractivity contribution in [3.05, 3.63) is 42.0 Å². The van der Waals surface area contributed by atoms with Crippen LogP contribution < -0.4 is 29.0 Å². The molecule has 1 aliphatic rings. The molecule has 29 heavy (non-hydrogen) atoms. The molecule has 0 aliphatic carbocycles. The van der Waals surface area contributed by atoms with Crippen molar-refractivity contribution >= 4 is 6.03 Å². The Hall–Kier alpha value is -3.29. The largest absolute Gasteiger partial charge is 0.493 e. The molecule has 1 atom stereocenters. The van der Waals surface area contributed by atoms with Crippen LogP contribution >= 0.6 is 0 Å². The molecule has 1 N–H and O–H groups in total. The average molecular weight is 402 g/mol. The SMILES string of the molecule is COc1cc(CNC(=O)N(C)CC2COc3ccccc3O2)cc(OC)c1OC. The molecule has 0 saturated carbocycles. The maximum Gasteiger partial charge on any atom is 0.317 e. The van der Waals surface area contributed by atoms with Gasteiger partial charge in [0.05, 0.1) is 27.9 Å². The van der Waals surface area contributed by atoms with Crippen molar-refractivity contribution in [2.45, 2.75) is 12.6 Å². The monoisotopic (exact) mass is 402 g/mol. The molecule has 2 aromatic rings. The molecule has 0 radical (unpaired) electrons. The van der Waals surface area contributed by atoms with Crippen LogP contribution in [0.1, 0.15) is 5.56 Å².